The number of amides is 2. The summed E-state index contributed by atoms with van der Waals surface area (Å²) in [7, 11) is 0. The highest BCUT2D eigenvalue weighted by molar-refractivity contribution is 5.83. The third-order valence-corrected chi connectivity index (χ3v) is 5.71. The lowest BCUT2D eigenvalue weighted by Crippen LogP contribution is -2.47. The Labute approximate surface area is 156 Å². The van der Waals surface area contributed by atoms with Gasteiger partial charge in [0.15, 0.2) is 0 Å². The average molecular weight is 357 g/mol. The maximum absolute atomic E-state index is 12.5. The van der Waals surface area contributed by atoms with E-state index in [0.29, 0.717) is 31.8 Å². The number of pyridine rings is 1. The van der Waals surface area contributed by atoms with Crippen LogP contribution < -0.4 is 5.32 Å². The number of rotatable bonds is 7. The molecule has 2 heterocycles. The number of nitrogens with one attached hydrogen (secondary N) is 1. The highest BCUT2D eigenvalue weighted by Crippen LogP contribution is 2.27. The SMILES string of the molecule is O=C(NCCCc1ccccn1)[C@@H]1CCC(=O)N(CC2CCCCC2)C1. The molecule has 26 heavy (non-hydrogen) atoms. The molecule has 3 rings (SSSR count). The number of hydrogen-bond acceptors (Lipinski definition) is 3. The van der Waals surface area contributed by atoms with Crippen molar-refractivity contribution < 1.29 is 9.59 Å². The summed E-state index contributed by atoms with van der Waals surface area (Å²) in [6.07, 6.45) is 11.1. The van der Waals surface area contributed by atoms with Gasteiger partial charge in [-0.25, -0.2) is 0 Å². The molecular formula is C21H31N3O2. The first-order valence-electron chi connectivity index (χ1n) is 10.2. The Morgan fingerprint density at radius 3 is 2.81 bits per heavy atom. The Morgan fingerprint density at radius 2 is 2.04 bits per heavy atom. The molecule has 1 aromatic rings. The van der Waals surface area contributed by atoms with Gasteiger partial charge in [-0.3, -0.25) is 14.6 Å². The van der Waals surface area contributed by atoms with E-state index < -0.39 is 0 Å². The summed E-state index contributed by atoms with van der Waals surface area (Å²) in [5, 5.41) is 3.06. The van der Waals surface area contributed by atoms with Crippen molar-refractivity contribution in [2.75, 3.05) is 19.6 Å². The van der Waals surface area contributed by atoms with Gasteiger partial charge in [-0.1, -0.05) is 25.3 Å². The standard InChI is InChI=1S/C21H31N3O2/c25-20-12-11-18(16-24(20)15-17-7-2-1-3-8-17)21(26)23-14-6-10-19-9-4-5-13-22-19/h4-5,9,13,17-18H,1-3,6-8,10-12,14-16H2,(H,23,26)/t18-/m1/s1. The summed E-state index contributed by atoms with van der Waals surface area (Å²) >= 11 is 0. The van der Waals surface area contributed by atoms with Crippen molar-refractivity contribution in [1.82, 2.24) is 15.2 Å². The lowest BCUT2D eigenvalue weighted by Gasteiger charge is -2.35. The number of aromatic nitrogens is 1. The fraction of sp³-hybridized carbons (Fsp3) is 0.667. The molecule has 5 heteroatoms. The lowest BCUT2D eigenvalue weighted by molar-refractivity contribution is -0.139. The van der Waals surface area contributed by atoms with E-state index >= 15 is 0 Å². The molecule has 0 unspecified atom stereocenters. The molecule has 1 aliphatic heterocycles. The summed E-state index contributed by atoms with van der Waals surface area (Å²) in [6.45, 7) is 2.12. The zero-order valence-corrected chi connectivity index (χ0v) is 15.7. The van der Waals surface area contributed by atoms with Crippen LogP contribution in [0.3, 0.4) is 0 Å². The van der Waals surface area contributed by atoms with E-state index in [-0.39, 0.29) is 17.7 Å². The minimum Gasteiger partial charge on any atom is -0.356 e. The van der Waals surface area contributed by atoms with Gasteiger partial charge < -0.3 is 10.2 Å². The number of aryl methyl sites for hydroxylation is 1. The van der Waals surface area contributed by atoms with Gasteiger partial charge in [-0.15, -0.1) is 0 Å². The minimum absolute atomic E-state index is 0.0499. The van der Waals surface area contributed by atoms with E-state index in [1.54, 1.807) is 6.20 Å². The predicted molar refractivity (Wildman–Crippen MR) is 101 cm³/mol. The van der Waals surface area contributed by atoms with E-state index in [4.69, 9.17) is 0 Å². The molecule has 1 saturated carbocycles. The number of nitrogens with zero attached hydrogens (tertiary/aromatic N) is 2. The second-order valence-electron chi connectivity index (χ2n) is 7.75. The fourth-order valence-electron chi connectivity index (χ4n) is 4.16. The summed E-state index contributed by atoms with van der Waals surface area (Å²) in [5.74, 6) is 0.918. The number of piperidine rings is 1. The number of carbonyl (C=O) groups is 2. The average Bonchev–Trinajstić information content (AvgIpc) is 2.68. The smallest absolute Gasteiger partial charge is 0.224 e. The molecule has 0 radical (unpaired) electrons. The van der Waals surface area contributed by atoms with Crippen LogP contribution in [-0.2, 0) is 16.0 Å². The van der Waals surface area contributed by atoms with E-state index in [1.807, 2.05) is 23.1 Å². The maximum Gasteiger partial charge on any atom is 0.224 e. The Kier molecular flexibility index (Phi) is 7.04. The molecule has 142 valence electrons. The molecule has 0 bridgehead atoms. The quantitative estimate of drug-likeness (QED) is 0.763. The fourth-order valence-corrected chi connectivity index (χ4v) is 4.16. The third-order valence-electron chi connectivity index (χ3n) is 5.71. The Bertz CT molecular complexity index is 584. The van der Waals surface area contributed by atoms with E-state index in [0.717, 1.165) is 25.1 Å². The minimum atomic E-state index is -0.0499. The van der Waals surface area contributed by atoms with Crippen molar-refractivity contribution in [3.63, 3.8) is 0 Å². The first-order chi connectivity index (χ1) is 12.7. The molecular weight excluding hydrogens is 326 g/mol. The highest BCUT2D eigenvalue weighted by Gasteiger charge is 2.31. The summed E-state index contributed by atoms with van der Waals surface area (Å²) in [5.41, 5.74) is 1.06. The van der Waals surface area contributed by atoms with Crippen LogP contribution in [0.15, 0.2) is 24.4 Å². The van der Waals surface area contributed by atoms with Gasteiger partial charge in [0.2, 0.25) is 11.8 Å². The van der Waals surface area contributed by atoms with E-state index in [9.17, 15) is 9.59 Å². The monoisotopic (exact) mass is 357 g/mol. The number of carbonyl (C=O) groups excluding carboxylic acids is 2. The van der Waals surface area contributed by atoms with Crippen molar-refractivity contribution in [2.45, 2.75) is 57.8 Å². The summed E-state index contributed by atoms with van der Waals surface area (Å²) < 4.78 is 0. The van der Waals surface area contributed by atoms with Gasteiger partial charge in [0.25, 0.3) is 0 Å². The highest BCUT2D eigenvalue weighted by atomic mass is 16.2. The van der Waals surface area contributed by atoms with Crippen molar-refractivity contribution in [3.8, 4) is 0 Å². The maximum atomic E-state index is 12.5. The van der Waals surface area contributed by atoms with Crippen LogP contribution in [0.1, 0.15) is 57.1 Å². The zero-order valence-electron chi connectivity index (χ0n) is 15.7. The molecule has 1 atom stereocenters. The Morgan fingerprint density at radius 1 is 1.19 bits per heavy atom. The Balaban J connectivity index is 1.39. The molecule has 2 fully saturated rings. The zero-order chi connectivity index (χ0) is 18.2. The molecule has 1 aliphatic carbocycles. The topological polar surface area (TPSA) is 62.3 Å². The van der Waals surface area contributed by atoms with Crippen molar-refractivity contribution in [1.29, 1.82) is 0 Å². The first-order valence-corrected chi connectivity index (χ1v) is 10.2. The molecule has 2 aliphatic rings. The summed E-state index contributed by atoms with van der Waals surface area (Å²) in [4.78, 5) is 31.0. The van der Waals surface area contributed by atoms with Crippen molar-refractivity contribution >= 4 is 11.8 Å². The summed E-state index contributed by atoms with van der Waals surface area (Å²) in [6, 6.07) is 5.91. The van der Waals surface area contributed by atoms with Crippen LogP contribution in [0.2, 0.25) is 0 Å². The first kappa shape index (κ1) is 18.9. The van der Waals surface area contributed by atoms with Gasteiger partial charge >= 0.3 is 0 Å². The van der Waals surface area contributed by atoms with Gasteiger partial charge in [0.05, 0.1) is 5.92 Å². The molecule has 2 amide bonds. The van der Waals surface area contributed by atoms with Crippen LogP contribution >= 0.6 is 0 Å². The van der Waals surface area contributed by atoms with Crippen molar-refractivity contribution in [3.05, 3.63) is 30.1 Å². The third kappa shape index (κ3) is 5.55. The predicted octanol–water partition coefficient (Wildman–Crippen LogP) is 2.95. The van der Waals surface area contributed by atoms with Crippen LogP contribution in [-0.4, -0.2) is 41.3 Å². The normalized spacial score (nSPS) is 21.6. The van der Waals surface area contributed by atoms with Gasteiger partial charge in [-0.2, -0.15) is 0 Å². The van der Waals surface area contributed by atoms with E-state index in [1.165, 1.54) is 32.1 Å². The van der Waals surface area contributed by atoms with Crippen molar-refractivity contribution in [2.24, 2.45) is 11.8 Å². The number of likely N-dealkylation sites (tertiary alicyclic amines) is 1. The van der Waals surface area contributed by atoms with E-state index in [2.05, 4.69) is 10.3 Å². The lowest BCUT2D eigenvalue weighted by atomic mass is 9.87. The second kappa shape index (κ2) is 9.70. The molecule has 5 nitrogen and oxygen atoms in total. The number of hydrogen-bond donors (Lipinski definition) is 1. The molecule has 1 N–H and O–H groups in total. The van der Waals surface area contributed by atoms with Crippen LogP contribution in [0.25, 0.3) is 0 Å². The van der Waals surface area contributed by atoms with Gasteiger partial charge in [0.1, 0.15) is 0 Å². The molecule has 1 aromatic heterocycles. The van der Waals surface area contributed by atoms with Crippen LogP contribution in [0, 0.1) is 11.8 Å². The Hall–Kier alpha value is -1.91. The van der Waals surface area contributed by atoms with Crippen LogP contribution in [0.5, 0.6) is 0 Å². The molecule has 0 spiro atoms. The molecule has 1 saturated heterocycles. The van der Waals surface area contributed by atoms with Gasteiger partial charge in [-0.05, 0) is 50.2 Å². The van der Waals surface area contributed by atoms with Gasteiger partial charge in [0, 0.05) is 37.9 Å². The second-order valence-corrected chi connectivity index (χ2v) is 7.75. The molecule has 0 aromatic carbocycles. The largest absolute Gasteiger partial charge is 0.356 e. The van der Waals surface area contributed by atoms with Crippen LogP contribution in [0.4, 0.5) is 0 Å².